The maximum atomic E-state index is 13.4. The van der Waals surface area contributed by atoms with Crippen molar-refractivity contribution in [2.45, 2.75) is 6.92 Å². The molecule has 0 fully saturated rings. The molecule has 0 spiro atoms. The zero-order valence-corrected chi connectivity index (χ0v) is 18.6. The van der Waals surface area contributed by atoms with Gasteiger partial charge < -0.3 is 4.90 Å². The Morgan fingerprint density at radius 1 is 0.968 bits per heavy atom. The molecule has 1 aromatic heterocycles. The second-order valence-corrected chi connectivity index (χ2v) is 8.46. The number of aryl methyl sites for hydroxylation is 1. The van der Waals surface area contributed by atoms with Gasteiger partial charge in [-0.25, -0.2) is 4.98 Å². The van der Waals surface area contributed by atoms with Gasteiger partial charge in [-0.05, 0) is 61.5 Å². The van der Waals surface area contributed by atoms with Crippen LogP contribution in [0.5, 0.6) is 0 Å². The second-order valence-electron chi connectivity index (χ2n) is 7.55. The molecular weight excluding hydrogens is 454 g/mol. The van der Waals surface area contributed by atoms with E-state index in [1.807, 2.05) is 67.6 Å². The first kappa shape index (κ1) is 19.5. The first-order valence-corrected chi connectivity index (χ1v) is 10.6. The van der Waals surface area contributed by atoms with E-state index in [1.54, 1.807) is 28.7 Å². The predicted molar refractivity (Wildman–Crippen MR) is 128 cm³/mol. The molecule has 0 saturated heterocycles. The van der Waals surface area contributed by atoms with Gasteiger partial charge in [0.25, 0.3) is 11.5 Å². The molecule has 31 heavy (non-hydrogen) atoms. The fourth-order valence-electron chi connectivity index (χ4n) is 3.92. The van der Waals surface area contributed by atoms with Crippen molar-refractivity contribution in [2.75, 3.05) is 11.9 Å². The Hall–Kier alpha value is -3.51. The molecule has 3 aromatic carbocycles. The predicted octanol–water partition coefficient (Wildman–Crippen LogP) is 4.97. The van der Waals surface area contributed by atoms with Crippen LogP contribution >= 0.6 is 15.9 Å². The number of para-hydroxylation sites is 1. The van der Waals surface area contributed by atoms with E-state index in [-0.39, 0.29) is 11.5 Å². The van der Waals surface area contributed by atoms with Gasteiger partial charge in [0, 0.05) is 17.1 Å². The van der Waals surface area contributed by atoms with Crippen molar-refractivity contribution in [3.63, 3.8) is 0 Å². The highest BCUT2D eigenvalue weighted by Crippen LogP contribution is 2.37. The summed E-state index contributed by atoms with van der Waals surface area (Å²) in [7, 11) is 1.76. The fraction of sp³-hybridized carbons (Fsp3) is 0.0800. The van der Waals surface area contributed by atoms with Crippen molar-refractivity contribution >= 4 is 50.1 Å². The van der Waals surface area contributed by atoms with Gasteiger partial charge in [0.15, 0.2) is 0 Å². The van der Waals surface area contributed by atoms with Crippen LogP contribution in [0.25, 0.3) is 28.2 Å². The highest BCUT2D eigenvalue weighted by atomic mass is 79.9. The molecule has 152 valence electrons. The zero-order valence-electron chi connectivity index (χ0n) is 17.0. The lowest BCUT2D eigenvalue weighted by Gasteiger charge is -2.12. The lowest BCUT2D eigenvalue weighted by atomic mass is 10.0. The number of halogens is 1. The smallest absolute Gasteiger partial charge is 0.266 e. The first-order chi connectivity index (χ1) is 14.9. The fourth-order valence-corrected chi connectivity index (χ4v) is 4.18. The van der Waals surface area contributed by atoms with Gasteiger partial charge in [0.2, 0.25) is 0 Å². The lowest BCUT2D eigenvalue weighted by Crippen LogP contribution is -2.23. The van der Waals surface area contributed by atoms with Crippen LogP contribution in [0.2, 0.25) is 0 Å². The van der Waals surface area contributed by atoms with Crippen LogP contribution in [0.1, 0.15) is 17.0 Å². The Bertz CT molecular complexity index is 1450. The van der Waals surface area contributed by atoms with Crippen LogP contribution in [0.15, 0.2) is 76.0 Å². The highest BCUT2D eigenvalue weighted by Gasteiger charge is 2.30. The summed E-state index contributed by atoms with van der Waals surface area (Å²) in [6, 6.07) is 20.6. The van der Waals surface area contributed by atoms with Crippen LogP contribution in [0, 0.1) is 6.92 Å². The molecule has 0 radical (unpaired) electrons. The number of carbonyl (C=O) groups is 1. The minimum absolute atomic E-state index is 0.120. The molecule has 1 amide bonds. The molecule has 0 N–H and O–H groups in total. The monoisotopic (exact) mass is 471 g/mol. The van der Waals surface area contributed by atoms with Gasteiger partial charge in [-0.2, -0.15) is 0 Å². The lowest BCUT2D eigenvalue weighted by molar-refractivity contribution is -0.112. The van der Waals surface area contributed by atoms with E-state index in [4.69, 9.17) is 4.98 Å². The van der Waals surface area contributed by atoms with Crippen molar-refractivity contribution in [3.05, 3.63) is 98.5 Å². The van der Waals surface area contributed by atoms with E-state index in [9.17, 15) is 9.59 Å². The highest BCUT2D eigenvalue weighted by molar-refractivity contribution is 9.10. The molecular formula is C25H18BrN3O2. The average Bonchev–Trinajstić information content (AvgIpc) is 2.99. The van der Waals surface area contributed by atoms with Gasteiger partial charge in [0.05, 0.1) is 27.9 Å². The van der Waals surface area contributed by atoms with Crippen LogP contribution in [-0.4, -0.2) is 22.5 Å². The summed E-state index contributed by atoms with van der Waals surface area (Å²) < 4.78 is 2.47. The number of hydrogen-bond donors (Lipinski definition) is 0. The average molecular weight is 472 g/mol. The summed E-state index contributed by atoms with van der Waals surface area (Å²) in [4.78, 5) is 32.9. The Morgan fingerprint density at radius 2 is 1.71 bits per heavy atom. The summed E-state index contributed by atoms with van der Waals surface area (Å²) in [5.74, 6) is 0.294. The summed E-state index contributed by atoms with van der Waals surface area (Å²) in [5, 5.41) is 0.527. The largest absolute Gasteiger partial charge is 0.311 e. The standard InChI is InChI=1S/C25H18BrN3O2/c1-15-7-12-22-19(13-15)20(24(30)28(22)2)14-23-27-21-6-4-3-5-18(21)25(31)29(23)17-10-8-16(26)9-11-17/h3-14H,1-2H3/b20-14-. The molecule has 1 aliphatic rings. The van der Waals surface area contributed by atoms with E-state index in [2.05, 4.69) is 15.9 Å². The van der Waals surface area contributed by atoms with Crippen LogP contribution in [-0.2, 0) is 4.79 Å². The molecule has 0 aliphatic carbocycles. The summed E-state index contributed by atoms with van der Waals surface area (Å²) in [5.41, 5.74) is 4.37. The first-order valence-electron chi connectivity index (χ1n) is 9.82. The second kappa shape index (κ2) is 7.32. The number of rotatable bonds is 2. The van der Waals surface area contributed by atoms with Crippen molar-refractivity contribution in [3.8, 4) is 5.69 Å². The maximum Gasteiger partial charge on any atom is 0.266 e. The van der Waals surface area contributed by atoms with Crippen molar-refractivity contribution in [1.82, 2.24) is 9.55 Å². The number of fused-ring (bicyclic) bond motifs is 2. The van der Waals surface area contributed by atoms with Gasteiger partial charge in [-0.3, -0.25) is 14.2 Å². The number of amides is 1. The quantitative estimate of drug-likeness (QED) is 0.387. The van der Waals surface area contributed by atoms with Crippen molar-refractivity contribution in [1.29, 1.82) is 0 Å². The summed E-state index contributed by atoms with van der Waals surface area (Å²) in [6.07, 6.45) is 1.72. The van der Waals surface area contributed by atoms with Gasteiger partial charge in [-0.15, -0.1) is 0 Å². The number of nitrogens with zero attached hydrogens (tertiary/aromatic N) is 3. The topological polar surface area (TPSA) is 55.2 Å². The zero-order chi connectivity index (χ0) is 21.7. The molecule has 5 rings (SSSR count). The van der Waals surface area contributed by atoms with Gasteiger partial charge in [0.1, 0.15) is 5.82 Å². The van der Waals surface area contributed by atoms with E-state index >= 15 is 0 Å². The molecule has 0 atom stereocenters. The minimum atomic E-state index is -0.178. The van der Waals surface area contributed by atoms with Crippen LogP contribution in [0.3, 0.4) is 0 Å². The Kier molecular flexibility index (Phi) is 4.59. The third-order valence-corrected chi connectivity index (χ3v) is 6.03. The van der Waals surface area contributed by atoms with Gasteiger partial charge >= 0.3 is 0 Å². The third-order valence-electron chi connectivity index (χ3n) is 5.50. The summed E-state index contributed by atoms with van der Waals surface area (Å²) in [6.45, 7) is 1.99. The number of benzene rings is 3. The van der Waals surface area contributed by atoms with E-state index in [0.29, 0.717) is 28.0 Å². The SMILES string of the molecule is Cc1ccc2c(c1)/C(=C/c1nc3ccccc3c(=O)n1-c1ccc(Br)cc1)C(=O)N2C. The number of carbonyl (C=O) groups excluding carboxylic acids is 1. The Morgan fingerprint density at radius 3 is 2.48 bits per heavy atom. The Balaban J connectivity index is 1.82. The summed E-state index contributed by atoms with van der Waals surface area (Å²) >= 11 is 3.44. The maximum absolute atomic E-state index is 13.4. The molecule has 2 heterocycles. The van der Waals surface area contributed by atoms with Crippen molar-refractivity contribution in [2.24, 2.45) is 0 Å². The normalized spacial score (nSPS) is 14.5. The van der Waals surface area contributed by atoms with Crippen LogP contribution < -0.4 is 10.5 Å². The molecule has 0 bridgehead atoms. The molecule has 5 nitrogen and oxygen atoms in total. The van der Waals surface area contributed by atoms with E-state index in [1.165, 1.54) is 0 Å². The van der Waals surface area contributed by atoms with E-state index in [0.717, 1.165) is 21.3 Å². The van der Waals surface area contributed by atoms with Crippen LogP contribution in [0.4, 0.5) is 5.69 Å². The molecule has 6 heteroatoms. The number of aromatic nitrogens is 2. The molecule has 1 aliphatic heterocycles. The Labute approximate surface area is 187 Å². The number of likely N-dealkylation sites (N-methyl/N-ethyl adjacent to an activating group) is 1. The van der Waals surface area contributed by atoms with E-state index < -0.39 is 0 Å². The number of anilines is 1. The minimum Gasteiger partial charge on any atom is -0.311 e. The molecule has 4 aromatic rings. The molecule has 0 saturated carbocycles. The molecule has 0 unspecified atom stereocenters. The van der Waals surface area contributed by atoms with Crippen molar-refractivity contribution < 1.29 is 4.79 Å². The van der Waals surface area contributed by atoms with Gasteiger partial charge in [-0.1, -0.05) is 39.7 Å². The number of hydrogen-bond acceptors (Lipinski definition) is 3. The third kappa shape index (κ3) is 3.20.